The standard InChI is InChI=1S/C15H18F2N2O2/c1-3-9(2)18-13(20)15(7-8-15)14(21)19-12-10(16)5-4-6-11(12)17/h4-6,9H,3,7-8H2,1-2H3,(H,18,20)(H,19,21). The molecule has 1 aromatic carbocycles. The summed E-state index contributed by atoms with van der Waals surface area (Å²) in [4.78, 5) is 24.3. The molecule has 0 aromatic heterocycles. The summed E-state index contributed by atoms with van der Waals surface area (Å²) in [7, 11) is 0. The molecule has 0 heterocycles. The van der Waals surface area contributed by atoms with Crippen LogP contribution in [0, 0.1) is 17.0 Å². The van der Waals surface area contributed by atoms with Crippen LogP contribution < -0.4 is 10.6 Å². The summed E-state index contributed by atoms with van der Waals surface area (Å²) >= 11 is 0. The van der Waals surface area contributed by atoms with Crippen molar-refractivity contribution in [1.29, 1.82) is 0 Å². The molecular weight excluding hydrogens is 278 g/mol. The monoisotopic (exact) mass is 296 g/mol. The highest BCUT2D eigenvalue weighted by Crippen LogP contribution is 2.47. The molecular formula is C15H18F2N2O2. The number of halogens is 2. The number of carbonyl (C=O) groups excluding carboxylic acids is 2. The van der Waals surface area contributed by atoms with Gasteiger partial charge in [-0.05, 0) is 38.3 Å². The Morgan fingerprint density at radius 1 is 1.24 bits per heavy atom. The van der Waals surface area contributed by atoms with Crippen molar-refractivity contribution in [2.75, 3.05) is 5.32 Å². The molecule has 1 aliphatic carbocycles. The van der Waals surface area contributed by atoms with Gasteiger partial charge in [0, 0.05) is 6.04 Å². The largest absolute Gasteiger partial charge is 0.353 e. The molecule has 0 aliphatic heterocycles. The van der Waals surface area contributed by atoms with Crippen molar-refractivity contribution in [3.63, 3.8) is 0 Å². The quantitative estimate of drug-likeness (QED) is 0.821. The molecule has 0 radical (unpaired) electrons. The van der Waals surface area contributed by atoms with E-state index in [1.165, 1.54) is 6.07 Å². The second kappa shape index (κ2) is 5.79. The summed E-state index contributed by atoms with van der Waals surface area (Å²) in [5, 5.41) is 4.94. The molecule has 1 atom stereocenters. The second-order valence-corrected chi connectivity index (χ2v) is 5.42. The van der Waals surface area contributed by atoms with E-state index in [0.717, 1.165) is 18.6 Å². The first-order valence-corrected chi connectivity index (χ1v) is 6.97. The first-order chi connectivity index (χ1) is 9.90. The Balaban J connectivity index is 2.11. The minimum absolute atomic E-state index is 0.0482. The third kappa shape index (κ3) is 3.04. The van der Waals surface area contributed by atoms with Crippen LogP contribution in [0.25, 0.3) is 0 Å². The topological polar surface area (TPSA) is 58.2 Å². The molecule has 1 aromatic rings. The van der Waals surface area contributed by atoms with Crippen LogP contribution in [0.2, 0.25) is 0 Å². The van der Waals surface area contributed by atoms with E-state index >= 15 is 0 Å². The van der Waals surface area contributed by atoms with E-state index in [1.807, 2.05) is 13.8 Å². The number of rotatable bonds is 5. The highest BCUT2D eigenvalue weighted by Gasteiger charge is 2.56. The molecule has 2 amide bonds. The van der Waals surface area contributed by atoms with Crippen LogP contribution in [0.1, 0.15) is 33.1 Å². The zero-order valence-corrected chi connectivity index (χ0v) is 12.0. The van der Waals surface area contributed by atoms with Crippen molar-refractivity contribution in [3.8, 4) is 0 Å². The average molecular weight is 296 g/mol. The molecule has 0 bridgehead atoms. The van der Waals surface area contributed by atoms with E-state index in [-0.39, 0.29) is 11.9 Å². The van der Waals surface area contributed by atoms with Gasteiger partial charge in [-0.2, -0.15) is 0 Å². The zero-order valence-electron chi connectivity index (χ0n) is 12.0. The van der Waals surface area contributed by atoms with Gasteiger partial charge in [-0.15, -0.1) is 0 Å². The number of hydrogen-bond acceptors (Lipinski definition) is 2. The predicted octanol–water partition coefficient (Wildman–Crippen LogP) is 2.60. The summed E-state index contributed by atoms with van der Waals surface area (Å²) in [6.45, 7) is 3.75. The number of anilines is 1. The van der Waals surface area contributed by atoms with E-state index in [9.17, 15) is 18.4 Å². The molecule has 1 aliphatic rings. The Hall–Kier alpha value is -1.98. The SMILES string of the molecule is CCC(C)NC(=O)C1(C(=O)Nc2c(F)cccc2F)CC1. The molecule has 1 saturated carbocycles. The molecule has 1 fully saturated rings. The first kappa shape index (κ1) is 15.4. The van der Waals surface area contributed by atoms with Crippen LogP contribution >= 0.6 is 0 Å². The summed E-state index contributed by atoms with van der Waals surface area (Å²) in [5.41, 5.74) is -1.71. The normalized spacial score (nSPS) is 17.0. The number of carbonyl (C=O) groups is 2. The second-order valence-electron chi connectivity index (χ2n) is 5.42. The molecule has 0 spiro atoms. The smallest absolute Gasteiger partial charge is 0.240 e. The van der Waals surface area contributed by atoms with Gasteiger partial charge in [-0.25, -0.2) is 8.78 Å². The minimum atomic E-state index is -1.20. The van der Waals surface area contributed by atoms with E-state index in [2.05, 4.69) is 10.6 Å². The number of amides is 2. The van der Waals surface area contributed by atoms with Crippen LogP contribution in [-0.2, 0) is 9.59 Å². The molecule has 21 heavy (non-hydrogen) atoms. The van der Waals surface area contributed by atoms with Gasteiger partial charge >= 0.3 is 0 Å². The third-order valence-corrected chi connectivity index (χ3v) is 3.81. The lowest BCUT2D eigenvalue weighted by molar-refractivity contribution is -0.134. The van der Waals surface area contributed by atoms with Crippen LogP contribution in [-0.4, -0.2) is 17.9 Å². The molecule has 6 heteroatoms. The van der Waals surface area contributed by atoms with Crippen molar-refractivity contribution in [2.24, 2.45) is 5.41 Å². The van der Waals surface area contributed by atoms with Gasteiger partial charge in [-0.3, -0.25) is 9.59 Å². The summed E-state index contributed by atoms with van der Waals surface area (Å²) in [5.74, 6) is -2.76. The van der Waals surface area contributed by atoms with Crippen molar-refractivity contribution in [3.05, 3.63) is 29.8 Å². The maximum atomic E-state index is 13.5. The fourth-order valence-corrected chi connectivity index (χ4v) is 2.00. The van der Waals surface area contributed by atoms with Gasteiger partial charge < -0.3 is 10.6 Å². The lowest BCUT2D eigenvalue weighted by Crippen LogP contribution is -2.43. The number of nitrogens with one attached hydrogen (secondary N) is 2. The van der Waals surface area contributed by atoms with Gasteiger partial charge in [-0.1, -0.05) is 13.0 Å². The van der Waals surface area contributed by atoms with Gasteiger partial charge in [0.1, 0.15) is 22.7 Å². The molecule has 114 valence electrons. The molecule has 2 rings (SSSR count). The number of para-hydroxylation sites is 1. The van der Waals surface area contributed by atoms with E-state index in [1.54, 1.807) is 0 Å². The highest BCUT2D eigenvalue weighted by molar-refractivity contribution is 6.13. The van der Waals surface area contributed by atoms with E-state index in [0.29, 0.717) is 12.8 Å². The fourth-order valence-electron chi connectivity index (χ4n) is 2.00. The molecule has 1 unspecified atom stereocenters. The third-order valence-electron chi connectivity index (χ3n) is 3.81. The Morgan fingerprint density at radius 3 is 2.29 bits per heavy atom. The first-order valence-electron chi connectivity index (χ1n) is 6.97. The van der Waals surface area contributed by atoms with Gasteiger partial charge in [0.15, 0.2) is 0 Å². The zero-order chi connectivity index (χ0) is 15.6. The maximum absolute atomic E-state index is 13.5. The summed E-state index contributed by atoms with van der Waals surface area (Å²) in [6, 6.07) is 3.27. The number of benzene rings is 1. The minimum Gasteiger partial charge on any atom is -0.353 e. The molecule has 4 nitrogen and oxygen atoms in total. The molecule has 0 saturated heterocycles. The predicted molar refractivity (Wildman–Crippen MR) is 74.6 cm³/mol. The fraction of sp³-hybridized carbons (Fsp3) is 0.467. The van der Waals surface area contributed by atoms with Crippen LogP contribution in [0.3, 0.4) is 0 Å². The molecule has 2 N–H and O–H groups in total. The van der Waals surface area contributed by atoms with Crippen LogP contribution in [0.15, 0.2) is 18.2 Å². The van der Waals surface area contributed by atoms with Gasteiger partial charge in [0.25, 0.3) is 0 Å². The average Bonchev–Trinajstić information content (AvgIpc) is 3.24. The van der Waals surface area contributed by atoms with Crippen LogP contribution in [0.4, 0.5) is 14.5 Å². The van der Waals surface area contributed by atoms with E-state index in [4.69, 9.17) is 0 Å². The Morgan fingerprint density at radius 2 is 1.81 bits per heavy atom. The number of hydrogen-bond donors (Lipinski definition) is 2. The van der Waals surface area contributed by atoms with Gasteiger partial charge in [0.2, 0.25) is 11.8 Å². The van der Waals surface area contributed by atoms with Crippen LogP contribution in [0.5, 0.6) is 0 Å². The van der Waals surface area contributed by atoms with Crippen molar-refractivity contribution >= 4 is 17.5 Å². The van der Waals surface area contributed by atoms with Gasteiger partial charge in [0.05, 0.1) is 0 Å². The Bertz CT molecular complexity index is 551. The lowest BCUT2D eigenvalue weighted by atomic mass is 10.0. The van der Waals surface area contributed by atoms with Crippen molar-refractivity contribution in [2.45, 2.75) is 39.2 Å². The van der Waals surface area contributed by atoms with Crippen molar-refractivity contribution in [1.82, 2.24) is 5.32 Å². The lowest BCUT2D eigenvalue weighted by Gasteiger charge is -2.18. The van der Waals surface area contributed by atoms with E-state index < -0.39 is 28.6 Å². The Labute approximate surface area is 121 Å². The maximum Gasteiger partial charge on any atom is 0.240 e. The summed E-state index contributed by atoms with van der Waals surface area (Å²) < 4.78 is 27.1. The Kier molecular flexibility index (Phi) is 4.25. The van der Waals surface area contributed by atoms with Crippen molar-refractivity contribution < 1.29 is 18.4 Å². The highest BCUT2D eigenvalue weighted by atomic mass is 19.1. The summed E-state index contributed by atoms with van der Waals surface area (Å²) in [6.07, 6.45) is 1.51.